The summed E-state index contributed by atoms with van der Waals surface area (Å²) >= 11 is 3.51. The average Bonchev–Trinajstić information content (AvgIpc) is 2.77. The van der Waals surface area contributed by atoms with E-state index in [2.05, 4.69) is 35.1 Å². The van der Waals surface area contributed by atoms with E-state index in [4.69, 9.17) is 4.74 Å². The number of amides is 2. The standard InChI is InChI=1S/C26H34BrFN2O3/c1-6-23(26(32)29-14-17(2)3)30(15-19-7-10-21(28)11-8-19)25(31)16-33-24-12-9-20(18(4)5)13-22(24)27/h7-13,17-18,23H,6,14-16H2,1-5H3,(H,29,32). The van der Waals surface area contributed by atoms with Crippen LogP contribution in [0.3, 0.4) is 0 Å². The minimum Gasteiger partial charge on any atom is -0.483 e. The molecule has 0 aromatic heterocycles. The highest BCUT2D eigenvalue weighted by atomic mass is 79.9. The summed E-state index contributed by atoms with van der Waals surface area (Å²) in [5, 5.41) is 2.92. The molecular weight excluding hydrogens is 487 g/mol. The van der Waals surface area contributed by atoms with Gasteiger partial charge in [0, 0.05) is 13.1 Å². The highest BCUT2D eigenvalue weighted by Gasteiger charge is 2.29. The number of hydrogen-bond acceptors (Lipinski definition) is 3. The molecule has 0 spiro atoms. The zero-order chi connectivity index (χ0) is 24.5. The third-order valence-corrected chi connectivity index (χ3v) is 5.93. The first-order chi connectivity index (χ1) is 15.6. The van der Waals surface area contributed by atoms with Crippen molar-refractivity contribution in [2.24, 2.45) is 5.92 Å². The van der Waals surface area contributed by atoms with Crippen LogP contribution in [0.5, 0.6) is 5.75 Å². The third-order valence-electron chi connectivity index (χ3n) is 5.31. The summed E-state index contributed by atoms with van der Waals surface area (Å²) in [5.41, 5.74) is 1.90. The van der Waals surface area contributed by atoms with Crippen molar-refractivity contribution in [1.29, 1.82) is 0 Å². The molecule has 1 unspecified atom stereocenters. The van der Waals surface area contributed by atoms with E-state index in [1.165, 1.54) is 17.0 Å². The van der Waals surface area contributed by atoms with Crippen LogP contribution in [-0.2, 0) is 16.1 Å². The Morgan fingerprint density at radius 2 is 1.76 bits per heavy atom. The molecule has 1 atom stereocenters. The monoisotopic (exact) mass is 520 g/mol. The normalized spacial score (nSPS) is 12.0. The molecular formula is C26H34BrFN2O3. The van der Waals surface area contributed by atoms with Crippen molar-refractivity contribution >= 4 is 27.7 Å². The summed E-state index contributed by atoms with van der Waals surface area (Å²) < 4.78 is 20.0. The van der Waals surface area contributed by atoms with Gasteiger partial charge >= 0.3 is 0 Å². The van der Waals surface area contributed by atoms with Crippen LogP contribution >= 0.6 is 15.9 Å². The van der Waals surface area contributed by atoms with Crippen molar-refractivity contribution in [1.82, 2.24) is 10.2 Å². The molecule has 2 rings (SSSR count). The summed E-state index contributed by atoms with van der Waals surface area (Å²) in [7, 11) is 0. The van der Waals surface area contributed by atoms with Crippen LogP contribution in [0.4, 0.5) is 4.39 Å². The Labute approximate surface area is 204 Å². The molecule has 180 valence electrons. The summed E-state index contributed by atoms with van der Waals surface area (Å²) in [6, 6.07) is 11.1. The number of nitrogens with zero attached hydrogens (tertiary/aromatic N) is 1. The topological polar surface area (TPSA) is 58.6 Å². The van der Waals surface area contributed by atoms with Gasteiger partial charge in [-0.25, -0.2) is 4.39 Å². The highest BCUT2D eigenvalue weighted by Crippen LogP contribution is 2.29. The predicted molar refractivity (Wildman–Crippen MR) is 133 cm³/mol. The van der Waals surface area contributed by atoms with Crippen LogP contribution < -0.4 is 10.1 Å². The lowest BCUT2D eigenvalue weighted by Crippen LogP contribution is -2.50. The van der Waals surface area contributed by atoms with Crippen LogP contribution in [0, 0.1) is 11.7 Å². The third kappa shape index (κ3) is 8.14. The molecule has 2 aromatic rings. The maximum absolute atomic E-state index is 13.4. The van der Waals surface area contributed by atoms with Crippen molar-refractivity contribution in [3.05, 3.63) is 63.9 Å². The summed E-state index contributed by atoms with van der Waals surface area (Å²) in [5.74, 6) is 0.359. The second-order valence-corrected chi connectivity index (χ2v) is 9.70. The van der Waals surface area contributed by atoms with Crippen molar-refractivity contribution < 1.29 is 18.7 Å². The minimum atomic E-state index is -0.656. The van der Waals surface area contributed by atoms with Gasteiger partial charge in [0.15, 0.2) is 6.61 Å². The fourth-order valence-electron chi connectivity index (χ4n) is 3.34. The summed E-state index contributed by atoms with van der Waals surface area (Å²) in [4.78, 5) is 27.6. The van der Waals surface area contributed by atoms with E-state index in [0.29, 0.717) is 30.6 Å². The van der Waals surface area contributed by atoms with E-state index in [9.17, 15) is 14.0 Å². The summed E-state index contributed by atoms with van der Waals surface area (Å²) in [6.45, 7) is 10.6. The number of carbonyl (C=O) groups excluding carboxylic acids is 2. The van der Waals surface area contributed by atoms with Gasteiger partial charge in [-0.05, 0) is 69.6 Å². The van der Waals surface area contributed by atoms with Crippen LogP contribution in [0.2, 0.25) is 0 Å². The van der Waals surface area contributed by atoms with E-state index >= 15 is 0 Å². The predicted octanol–water partition coefficient (Wildman–Crippen LogP) is 5.67. The largest absolute Gasteiger partial charge is 0.483 e. The molecule has 0 bridgehead atoms. The Balaban J connectivity index is 2.20. The number of rotatable bonds is 11. The molecule has 0 fully saturated rings. The molecule has 33 heavy (non-hydrogen) atoms. The minimum absolute atomic E-state index is 0.184. The van der Waals surface area contributed by atoms with Gasteiger partial charge in [0.25, 0.3) is 5.91 Å². The number of benzene rings is 2. The number of ether oxygens (including phenoxy) is 1. The molecule has 5 nitrogen and oxygen atoms in total. The van der Waals surface area contributed by atoms with Crippen LogP contribution in [0.15, 0.2) is 46.9 Å². The Morgan fingerprint density at radius 3 is 2.30 bits per heavy atom. The van der Waals surface area contributed by atoms with Crippen molar-refractivity contribution in [3.63, 3.8) is 0 Å². The second-order valence-electron chi connectivity index (χ2n) is 8.84. The van der Waals surface area contributed by atoms with Gasteiger partial charge in [0.1, 0.15) is 17.6 Å². The lowest BCUT2D eigenvalue weighted by molar-refractivity contribution is -0.143. The maximum atomic E-state index is 13.4. The molecule has 7 heteroatoms. The molecule has 0 radical (unpaired) electrons. The smallest absolute Gasteiger partial charge is 0.261 e. The molecule has 0 saturated heterocycles. The number of halogens is 2. The Bertz CT molecular complexity index is 932. The molecule has 2 aromatic carbocycles. The van der Waals surface area contributed by atoms with E-state index in [1.807, 2.05) is 39.0 Å². The molecule has 0 aliphatic heterocycles. The Kier molecular flexibility index (Phi) is 10.4. The Morgan fingerprint density at radius 1 is 1.09 bits per heavy atom. The number of nitrogens with one attached hydrogen (secondary N) is 1. The van der Waals surface area contributed by atoms with Gasteiger partial charge in [-0.2, -0.15) is 0 Å². The number of hydrogen-bond donors (Lipinski definition) is 1. The van der Waals surface area contributed by atoms with Crippen LogP contribution in [0.25, 0.3) is 0 Å². The van der Waals surface area contributed by atoms with Crippen molar-refractivity contribution in [3.8, 4) is 5.75 Å². The van der Waals surface area contributed by atoms with Crippen molar-refractivity contribution in [2.45, 2.75) is 59.5 Å². The maximum Gasteiger partial charge on any atom is 0.261 e. The molecule has 1 N–H and O–H groups in total. The van der Waals surface area contributed by atoms with Gasteiger partial charge in [-0.15, -0.1) is 0 Å². The molecule has 0 heterocycles. The SMILES string of the molecule is CCC(C(=O)NCC(C)C)N(Cc1ccc(F)cc1)C(=O)COc1ccc(C(C)C)cc1Br. The molecule has 0 aliphatic rings. The van der Waals surface area contributed by atoms with Gasteiger partial charge in [0.05, 0.1) is 4.47 Å². The van der Waals surface area contributed by atoms with E-state index in [-0.39, 0.29) is 30.8 Å². The zero-order valence-electron chi connectivity index (χ0n) is 20.0. The van der Waals surface area contributed by atoms with Gasteiger partial charge in [-0.1, -0.05) is 52.8 Å². The fourth-order valence-corrected chi connectivity index (χ4v) is 3.86. The lowest BCUT2D eigenvalue weighted by Gasteiger charge is -2.31. The lowest BCUT2D eigenvalue weighted by atomic mass is 10.0. The second kappa shape index (κ2) is 12.7. The number of carbonyl (C=O) groups is 2. The highest BCUT2D eigenvalue weighted by molar-refractivity contribution is 9.10. The first-order valence-electron chi connectivity index (χ1n) is 11.4. The van der Waals surface area contributed by atoms with E-state index < -0.39 is 6.04 Å². The Hall–Kier alpha value is -2.41. The average molecular weight is 521 g/mol. The van der Waals surface area contributed by atoms with Gasteiger partial charge in [0.2, 0.25) is 5.91 Å². The van der Waals surface area contributed by atoms with Crippen LogP contribution in [0.1, 0.15) is 58.1 Å². The van der Waals surface area contributed by atoms with Gasteiger partial charge < -0.3 is 15.0 Å². The zero-order valence-corrected chi connectivity index (χ0v) is 21.6. The quantitative estimate of drug-likeness (QED) is 0.415. The molecule has 0 aliphatic carbocycles. The molecule has 0 saturated carbocycles. The van der Waals surface area contributed by atoms with Crippen LogP contribution in [-0.4, -0.2) is 35.9 Å². The summed E-state index contributed by atoms with van der Waals surface area (Å²) in [6.07, 6.45) is 0.448. The van der Waals surface area contributed by atoms with E-state index in [1.54, 1.807) is 12.1 Å². The first-order valence-corrected chi connectivity index (χ1v) is 12.2. The fraction of sp³-hybridized carbons (Fsp3) is 0.462. The van der Waals surface area contributed by atoms with Crippen molar-refractivity contribution in [2.75, 3.05) is 13.2 Å². The first kappa shape index (κ1) is 26.8. The molecule has 2 amide bonds. The van der Waals surface area contributed by atoms with Gasteiger partial charge in [-0.3, -0.25) is 9.59 Å². The van der Waals surface area contributed by atoms with E-state index in [0.717, 1.165) is 15.6 Å².